The van der Waals surface area contributed by atoms with Crippen LogP contribution in [0.3, 0.4) is 0 Å². The molecule has 2 N–H and O–H groups in total. The number of para-hydroxylation sites is 1. The highest BCUT2D eigenvalue weighted by Crippen LogP contribution is 2.32. The summed E-state index contributed by atoms with van der Waals surface area (Å²) in [6.45, 7) is 5.29. The van der Waals surface area contributed by atoms with Gasteiger partial charge in [0.2, 0.25) is 0 Å². The smallest absolute Gasteiger partial charge is 0.260 e. The Labute approximate surface area is 217 Å². The quantitative estimate of drug-likeness (QED) is 0.494. The number of anilines is 2. The zero-order valence-corrected chi connectivity index (χ0v) is 21.7. The predicted molar refractivity (Wildman–Crippen MR) is 143 cm³/mol. The molecule has 2 aromatic carbocycles. The first-order valence-electron chi connectivity index (χ1n) is 12.1. The fourth-order valence-corrected chi connectivity index (χ4v) is 4.19. The van der Waals surface area contributed by atoms with Crippen LogP contribution in [0, 0.1) is 6.92 Å². The predicted octanol–water partition coefficient (Wildman–Crippen LogP) is 3.22. The summed E-state index contributed by atoms with van der Waals surface area (Å²) in [5, 5.41) is 0. The van der Waals surface area contributed by atoms with Crippen molar-refractivity contribution in [2.24, 2.45) is 0 Å². The van der Waals surface area contributed by atoms with E-state index >= 15 is 0 Å². The average molecular weight is 504 g/mol. The second kappa shape index (κ2) is 11.3. The Bertz CT molecular complexity index is 1270. The Morgan fingerprint density at radius 3 is 2.49 bits per heavy atom. The normalized spacial score (nSPS) is 13.8. The van der Waals surface area contributed by atoms with Gasteiger partial charge in [-0.2, -0.15) is 0 Å². The Hall–Kier alpha value is -4.11. The molecule has 4 rings (SSSR count). The number of amides is 2. The number of benzene rings is 2. The first-order chi connectivity index (χ1) is 17.8. The lowest BCUT2D eigenvalue weighted by atomic mass is 10.1. The van der Waals surface area contributed by atoms with Crippen LogP contribution in [-0.2, 0) is 6.61 Å². The van der Waals surface area contributed by atoms with E-state index in [-0.39, 0.29) is 24.1 Å². The number of hydrogen-bond acceptors (Lipinski definition) is 7. The number of carbonyl (C=O) groups excluding carboxylic acids is 2. The molecule has 0 radical (unpaired) electrons. The number of pyridine rings is 1. The lowest BCUT2D eigenvalue weighted by Crippen LogP contribution is -2.47. The van der Waals surface area contributed by atoms with Crippen molar-refractivity contribution in [2.45, 2.75) is 13.5 Å². The molecular formula is C28H33N5O4. The maximum atomic E-state index is 13.3. The summed E-state index contributed by atoms with van der Waals surface area (Å²) in [6, 6.07) is 14.3. The van der Waals surface area contributed by atoms with Gasteiger partial charge in [-0.3, -0.25) is 14.6 Å². The van der Waals surface area contributed by atoms with Gasteiger partial charge in [0.25, 0.3) is 11.8 Å². The van der Waals surface area contributed by atoms with Crippen LogP contribution in [0.15, 0.2) is 54.7 Å². The fraction of sp³-hybridized carbons (Fsp3) is 0.321. The van der Waals surface area contributed by atoms with E-state index in [1.165, 1.54) is 12.0 Å². The van der Waals surface area contributed by atoms with Gasteiger partial charge >= 0.3 is 0 Å². The number of piperazine rings is 1. The third kappa shape index (κ3) is 5.83. The molecule has 1 aliphatic rings. The van der Waals surface area contributed by atoms with Crippen molar-refractivity contribution < 1.29 is 19.1 Å². The Morgan fingerprint density at radius 1 is 1.05 bits per heavy atom. The molecule has 1 fully saturated rings. The number of nitrogen functional groups attached to an aromatic ring is 1. The molecule has 9 heteroatoms. The van der Waals surface area contributed by atoms with Gasteiger partial charge in [0.1, 0.15) is 18.1 Å². The molecule has 0 aliphatic carbocycles. The number of hydrogen-bond donors (Lipinski definition) is 1. The summed E-state index contributed by atoms with van der Waals surface area (Å²) in [4.78, 5) is 36.1. The number of carbonyl (C=O) groups is 2. The first-order valence-corrected chi connectivity index (χ1v) is 12.1. The molecule has 0 unspecified atom stereocenters. The second-order valence-corrected chi connectivity index (χ2v) is 9.18. The minimum absolute atomic E-state index is 0.00834. The van der Waals surface area contributed by atoms with E-state index in [1.54, 1.807) is 43.6 Å². The van der Waals surface area contributed by atoms with Crippen LogP contribution in [0.5, 0.6) is 11.5 Å². The van der Waals surface area contributed by atoms with Crippen molar-refractivity contribution in [3.05, 3.63) is 77.1 Å². The van der Waals surface area contributed by atoms with Crippen molar-refractivity contribution in [2.75, 3.05) is 58.0 Å². The zero-order valence-electron chi connectivity index (χ0n) is 21.7. The second-order valence-electron chi connectivity index (χ2n) is 9.18. The van der Waals surface area contributed by atoms with E-state index in [2.05, 4.69) is 16.9 Å². The van der Waals surface area contributed by atoms with E-state index in [4.69, 9.17) is 15.2 Å². The number of aryl methyl sites for hydroxylation is 1. The van der Waals surface area contributed by atoms with E-state index in [0.717, 1.165) is 18.7 Å². The largest absolute Gasteiger partial charge is 0.495 e. The van der Waals surface area contributed by atoms with Crippen LogP contribution in [-0.4, -0.2) is 74.0 Å². The molecule has 0 saturated carbocycles. The molecule has 2 heterocycles. The maximum absolute atomic E-state index is 13.3. The van der Waals surface area contributed by atoms with Crippen LogP contribution >= 0.6 is 0 Å². The van der Waals surface area contributed by atoms with E-state index < -0.39 is 0 Å². The molecule has 0 atom stereocenters. The summed E-state index contributed by atoms with van der Waals surface area (Å²) in [5.41, 5.74) is 9.60. The lowest BCUT2D eigenvalue weighted by molar-refractivity contribution is 0.0663. The lowest BCUT2D eigenvalue weighted by Gasteiger charge is -2.32. The van der Waals surface area contributed by atoms with Crippen LogP contribution in [0.2, 0.25) is 0 Å². The highest BCUT2D eigenvalue weighted by atomic mass is 16.5. The third-order valence-corrected chi connectivity index (χ3v) is 6.54. The first kappa shape index (κ1) is 26.0. The van der Waals surface area contributed by atoms with Crippen molar-refractivity contribution in [1.82, 2.24) is 14.8 Å². The van der Waals surface area contributed by atoms with Gasteiger partial charge in [-0.25, -0.2) is 0 Å². The molecule has 37 heavy (non-hydrogen) atoms. The van der Waals surface area contributed by atoms with Gasteiger partial charge in [-0.05, 0) is 55.9 Å². The maximum Gasteiger partial charge on any atom is 0.260 e. The number of aromatic nitrogens is 1. The number of nitrogens with two attached hydrogens (primary N) is 1. The van der Waals surface area contributed by atoms with Crippen LogP contribution in [0.25, 0.3) is 0 Å². The van der Waals surface area contributed by atoms with E-state index in [9.17, 15) is 9.59 Å². The minimum atomic E-state index is -0.282. The van der Waals surface area contributed by atoms with Gasteiger partial charge in [0.15, 0.2) is 0 Å². The molecule has 2 amide bonds. The summed E-state index contributed by atoms with van der Waals surface area (Å²) in [6.07, 6.45) is 1.59. The number of ether oxygens (including phenoxy) is 2. The SMILES string of the molecule is COc1cccc(C(=O)N(C)c2ccc(C)cc2OCc2ccc(C(=O)N3CCN(C)CC3)cn2)c1N. The number of likely N-dealkylation sites (N-methyl/N-ethyl adjacent to an activating group) is 1. The monoisotopic (exact) mass is 503 g/mol. The van der Waals surface area contributed by atoms with Gasteiger partial charge in [-0.1, -0.05) is 12.1 Å². The number of rotatable bonds is 7. The summed E-state index contributed by atoms with van der Waals surface area (Å²) in [7, 11) is 5.24. The number of methoxy groups -OCH3 is 1. The highest BCUT2D eigenvalue weighted by Gasteiger charge is 2.22. The molecule has 0 spiro atoms. The molecule has 1 aliphatic heterocycles. The Morgan fingerprint density at radius 2 is 1.81 bits per heavy atom. The van der Waals surface area contributed by atoms with Crippen molar-refractivity contribution in [1.29, 1.82) is 0 Å². The molecule has 1 saturated heterocycles. The standard InChI is InChI=1S/C28H33N5O4/c1-19-8-11-23(32(3)28(35)22-6-5-7-24(36-4)26(22)29)25(16-19)37-18-21-10-9-20(17-30-21)27(34)33-14-12-31(2)13-15-33/h5-11,16-17H,12-15,18,29H2,1-4H3. The summed E-state index contributed by atoms with van der Waals surface area (Å²) >= 11 is 0. The fourth-order valence-electron chi connectivity index (χ4n) is 4.19. The Balaban J connectivity index is 1.47. The van der Waals surface area contributed by atoms with Crippen molar-refractivity contribution in [3.63, 3.8) is 0 Å². The molecule has 9 nitrogen and oxygen atoms in total. The van der Waals surface area contributed by atoms with Gasteiger partial charge in [0.05, 0.1) is 35.3 Å². The minimum Gasteiger partial charge on any atom is -0.495 e. The number of nitrogens with zero attached hydrogens (tertiary/aromatic N) is 4. The molecular weight excluding hydrogens is 470 g/mol. The molecule has 1 aromatic heterocycles. The van der Waals surface area contributed by atoms with Crippen LogP contribution in [0.4, 0.5) is 11.4 Å². The average Bonchev–Trinajstić information content (AvgIpc) is 2.91. The topological polar surface area (TPSA) is 101 Å². The summed E-state index contributed by atoms with van der Waals surface area (Å²) in [5.74, 6) is 0.693. The summed E-state index contributed by atoms with van der Waals surface area (Å²) < 4.78 is 11.4. The van der Waals surface area contributed by atoms with Gasteiger partial charge in [-0.15, -0.1) is 0 Å². The Kier molecular flexibility index (Phi) is 7.93. The van der Waals surface area contributed by atoms with E-state index in [0.29, 0.717) is 47.1 Å². The third-order valence-electron chi connectivity index (χ3n) is 6.54. The molecule has 3 aromatic rings. The zero-order chi connectivity index (χ0) is 26.5. The van der Waals surface area contributed by atoms with Crippen LogP contribution in [0.1, 0.15) is 32.0 Å². The van der Waals surface area contributed by atoms with Gasteiger partial charge < -0.3 is 29.9 Å². The van der Waals surface area contributed by atoms with Crippen molar-refractivity contribution in [3.8, 4) is 11.5 Å². The molecule has 0 bridgehead atoms. The molecule has 194 valence electrons. The van der Waals surface area contributed by atoms with E-state index in [1.807, 2.05) is 30.0 Å². The highest BCUT2D eigenvalue weighted by molar-refractivity contribution is 6.10. The van der Waals surface area contributed by atoms with Crippen molar-refractivity contribution >= 4 is 23.2 Å². The van der Waals surface area contributed by atoms with Gasteiger partial charge in [0, 0.05) is 39.4 Å². The van der Waals surface area contributed by atoms with Crippen LogP contribution < -0.4 is 20.1 Å².